The molecule has 1 aromatic rings. The molecule has 0 saturated carbocycles. The molecule has 3 rings (SSSR count). The maximum atomic E-state index is 12.7. The van der Waals surface area contributed by atoms with E-state index in [1.165, 1.54) is 6.21 Å². The SMILES string of the molecule is CC(C)n1nc(C=N)c2c1C(=O)CC1(CCNCC1)C2. The number of rotatable bonds is 2. The third-order valence-corrected chi connectivity index (χ3v) is 4.68. The molecule has 1 aliphatic heterocycles. The van der Waals surface area contributed by atoms with Crippen molar-refractivity contribution >= 4 is 12.0 Å². The second-order valence-electron chi connectivity index (χ2n) is 6.42. The van der Waals surface area contributed by atoms with Crippen LogP contribution in [0.25, 0.3) is 0 Å². The lowest BCUT2D eigenvalue weighted by Gasteiger charge is -2.40. The number of carbonyl (C=O) groups excluding carboxylic acids is 1. The summed E-state index contributed by atoms with van der Waals surface area (Å²) >= 11 is 0. The summed E-state index contributed by atoms with van der Waals surface area (Å²) in [6.07, 6.45) is 4.92. The molecule has 5 nitrogen and oxygen atoms in total. The summed E-state index contributed by atoms with van der Waals surface area (Å²) in [5, 5.41) is 15.4. The van der Waals surface area contributed by atoms with Gasteiger partial charge in [0.05, 0.1) is 0 Å². The van der Waals surface area contributed by atoms with E-state index in [1.807, 2.05) is 18.5 Å². The summed E-state index contributed by atoms with van der Waals surface area (Å²) in [5.41, 5.74) is 2.53. The molecule has 1 saturated heterocycles. The Bertz CT molecular complexity index is 552. The molecule has 1 aliphatic carbocycles. The molecule has 2 N–H and O–H groups in total. The Labute approximate surface area is 119 Å². The van der Waals surface area contributed by atoms with Crippen molar-refractivity contribution in [3.8, 4) is 0 Å². The number of ketones is 1. The zero-order chi connectivity index (χ0) is 14.3. The summed E-state index contributed by atoms with van der Waals surface area (Å²) in [6.45, 7) is 6.04. The van der Waals surface area contributed by atoms with Gasteiger partial charge >= 0.3 is 0 Å². The fourth-order valence-corrected chi connectivity index (χ4v) is 3.62. The molecule has 1 aromatic heterocycles. The van der Waals surface area contributed by atoms with Gasteiger partial charge in [-0.1, -0.05) is 0 Å². The Morgan fingerprint density at radius 2 is 2.05 bits per heavy atom. The zero-order valence-corrected chi connectivity index (χ0v) is 12.2. The van der Waals surface area contributed by atoms with E-state index < -0.39 is 0 Å². The van der Waals surface area contributed by atoms with Gasteiger partial charge in [-0.2, -0.15) is 5.10 Å². The van der Waals surface area contributed by atoms with Crippen molar-refractivity contribution in [2.75, 3.05) is 13.1 Å². The Hall–Kier alpha value is -1.49. The first-order valence-electron chi connectivity index (χ1n) is 7.42. The molecule has 0 aromatic carbocycles. The Kier molecular flexibility index (Phi) is 3.24. The molecular weight excluding hydrogens is 252 g/mol. The van der Waals surface area contributed by atoms with Crippen LogP contribution in [0.2, 0.25) is 0 Å². The van der Waals surface area contributed by atoms with E-state index in [1.54, 1.807) is 0 Å². The molecular formula is C15H22N4O. The van der Waals surface area contributed by atoms with Crippen LogP contribution in [0.1, 0.15) is 60.9 Å². The summed E-state index contributed by atoms with van der Waals surface area (Å²) < 4.78 is 1.81. The highest BCUT2D eigenvalue weighted by atomic mass is 16.1. The lowest BCUT2D eigenvalue weighted by atomic mass is 9.67. The van der Waals surface area contributed by atoms with Gasteiger partial charge < -0.3 is 10.7 Å². The van der Waals surface area contributed by atoms with E-state index in [0.29, 0.717) is 12.1 Å². The van der Waals surface area contributed by atoms with E-state index in [4.69, 9.17) is 5.41 Å². The smallest absolute Gasteiger partial charge is 0.181 e. The van der Waals surface area contributed by atoms with Crippen molar-refractivity contribution in [2.45, 2.75) is 45.6 Å². The van der Waals surface area contributed by atoms with Crippen molar-refractivity contribution in [1.82, 2.24) is 15.1 Å². The van der Waals surface area contributed by atoms with Crippen molar-refractivity contribution in [3.05, 3.63) is 17.0 Å². The average Bonchev–Trinajstić information content (AvgIpc) is 2.78. The number of nitrogens with zero attached hydrogens (tertiary/aromatic N) is 2. The molecule has 5 heteroatoms. The van der Waals surface area contributed by atoms with Crippen LogP contribution >= 0.6 is 0 Å². The molecule has 0 amide bonds. The number of hydrogen-bond donors (Lipinski definition) is 2. The van der Waals surface area contributed by atoms with Gasteiger partial charge in [0, 0.05) is 24.2 Å². The largest absolute Gasteiger partial charge is 0.317 e. The quantitative estimate of drug-likeness (QED) is 0.810. The molecule has 0 bridgehead atoms. The highest BCUT2D eigenvalue weighted by Gasteiger charge is 2.42. The van der Waals surface area contributed by atoms with Gasteiger partial charge in [0.25, 0.3) is 0 Å². The van der Waals surface area contributed by atoms with Gasteiger partial charge in [-0.15, -0.1) is 0 Å². The Balaban J connectivity index is 2.07. The van der Waals surface area contributed by atoms with Gasteiger partial charge in [0.15, 0.2) is 5.78 Å². The Morgan fingerprint density at radius 1 is 1.35 bits per heavy atom. The lowest BCUT2D eigenvalue weighted by molar-refractivity contribution is 0.0822. The predicted octanol–water partition coefficient (Wildman–Crippen LogP) is 1.96. The molecule has 1 spiro atoms. The highest BCUT2D eigenvalue weighted by Crippen LogP contribution is 2.43. The molecule has 0 radical (unpaired) electrons. The van der Waals surface area contributed by atoms with Crippen LogP contribution in [-0.2, 0) is 6.42 Å². The van der Waals surface area contributed by atoms with Crippen LogP contribution < -0.4 is 5.32 Å². The fourth-order valence-electron chi connectivity index (χ4n) is 3.62. The molecule has 20 heavy (non-hydrogen) atoms. The number of aromatic nitrogens is 2. The summed E-state index contributed by atoms with van der Waals surface area (Å²) in [7, 11) is 0. The van der Waals surface area contributed by atoms with E-state index in [0.717, 1.165) is 43.6 Å². The van der Waals surface area contributed by atoms with Gasteiger partial charge in [-0.05, 0) is 51.6 Å². The molecule has 1 fully saturated rings. The van der Waals surface area contributed by atoms with Crippen LogP contribution in [0.5, 0.6) is 0 Å². The molecule has 2 aliphatic rings. The normalized spacial score (nSPS) is 21.2. The number of nitrogens with one attached hydrogen (secondary N) is 2. The lowest BCUT2D eigenvalue weighted by Crippen LogP contribution is -2.42. The second kappa shape index (κ2) is 4.81. The standard InChI is InChI=1S/C15H22N4O/c1-10(2)19-14-11(12(9-16)18-19)7-15(8-13(14)20)3-5-17-6-4-15/h9-10,16-17H,3-8H2,1-2H3. The van der Waals surface area contributed by atoms with Crippen molar-refractivity contribution in [3.63, 3.8) is 0 Å². The minimum Gasteiger partial charge on any atom is -0.317 e. The van der Waals surface area contributed by atoms with Crippen molar-refractivity contribution in [1.29, 1.82) is 5.41 Å². The molecule has 0 atom stereocenters. The number of Topliss-reactive ketones (excluding diaryl/α,β-unsaturated/α-hetero) is 1. The van der Waals surface area contributed by atoms with Crippen LogP contribution in [0.15, 0.2) is 0 Å². The first kappa shape index (κ1) is 13.5. The zero-order valence-electron chi connectivity index (χ0n) is 12.2. The third-order valence-electron chi connectivity index (χ3n) is 4.68. The topological polar surface area (TPSA) is 70.8 Å². The van der Waals surface area contributed by atoms with E-state index >= 15 is 0 Å². The minimum absolute atomic E-state index is 0.0952. The van der Waals surface area contributed by atoms with Crippen LogP contribution in [0.4, 0.5) is 0 Å². The molecule has 2 heterocycles. The monoisotopic (exact) mass is 274 g/mol. The van der Waals surface area contributed by atoms with E-state index in [9.17, 15) is 4.79 Å². The minimum atomic E-state index is 0.0952. The van der Waals surface area contributed by atoms with Crippen LogP contribution in [0, 0.1) is 10.8 Å². The highest BCUT2D eigenvalue weighted by molar-refractivity contribution is 5.99. The summed E-state index contributed by atoms with van der Waals surface area (Å²) in [4.78, 5) is 12.7. The second-order valence-corrected chi connectivity index (χ2v) is 6.42. The van der Waals surface area contributed by atoms with Gasteiger partial charge in [-0.25, -0.2) is 0 Å². The summed E-state index contributed by atoms with van der Waals surface area (Å²) in [5.74, 6) is 0.211. The number of piperidine rings is 1. The van der Waals surface area contributed by atoms with E-state index in [-0.39, 0.29) is 17.2 Å². The first-order chi connectivity index (χ1) is 9.56. The van der Waals surface area contributed by atoms with Crippen LogP contribution in [-0.4, -0.2) is 34.9 Å². The summed E-state index contributed by atoms with van der Waals surface area (Å²) in [6, 6.07) is 0.156. The van der Waals surface area contributed by atoms with E-state index in [2.05, 4.69) is 10.4 Å². The van der Waals surface area contributed by atoms with Crippen LogP contribution in [0.3, 0.4) is 0 Å². The third kappa shape index (κ3) is 2.00. The predicted molar refractivity (Wildman–Crippen MR) is 77.7 cm³/mol. The van der Waals surface area contributed by atoms with Gasteiger partial charge in [0.2, 0.25) is 0 Å². The number of carbonyl (C=O) groups is 1. The average molecular weight is 274 g/mol. The van der Waals surface area contributed by atoms with Gasteiger partial charge in [-0.3, -0.25) is 9.48 Å². The number of fused-ring (bicyclic) bond motifs is 1. The first-order valence-corrected chi connectivity index (χ1v) is 7.42. The van der Waals surface area contributed by atoms with Crippen molar-refractivity contribution in [2.24, 2.45) is 5.41 Å². The molecule has 0 unspecified atom stereocenters. The van der Waals surface area contributed by atoms with Gasteiger partial charge in [0.1, 0.15) is 11.4 Å². The Morgan fingerprint density at radius 3 is 2.65 bits per heavy atom. The maximum Gasteiger partial charge on any atom is 0.181 e. The number of hydrogen-bond acceptors (Lipinski definition) is 4. The maximum absolute atomic E-state index is 12.7. The molecule has 108 valence electrons. The fraction of sp³-hybridized carbons (Fsp3) is 0.667. The van der Waals surface area contributed by atoms with Crippen molar-refractivity contribution < 1.29 is 4.79 Å².